The zero-order valence-electron chi connectivity index (χ0n) is 13.7. The number of benzene rings is 1. The lowest BCUT2D eigenvalue weighted by molar-refractivity contribution is 0.0944. The van der Waals surface area contributed by atoms with Gasteiger partial charge < -0.3 is 15.7 Å². The number of aliphatic hydroxyl groups excluding tert-OH is 1. The van der Waals surface area contributed by atoms with Crippen LogP contribution in [-0.4, -0.2) is 29.1 Å². The van der Waals surface area contributed by atoms with Crippen molar-refractivity contribution >= 4 is 22.9 Å². The number of aromatic nitrogens is 1. The molecule has 0 aliphatic heterocycles. The number of anilines is 1. The number of amides is 1. The van der Waals surface area contributed by atoms with E-state index in [1.54, 1.807) is 17.4 Å². The van der Waals surface area contributed by atoms with Gasteiger partial charge in [0.25, 0.3) is 5.91 Å². The molecule has 2 aromatic rings. The van der Waals surface area contributed by atoms with Gasteiger partial charge in [0.1, 0.15) is 0 Å². The van der Waals surface area contributed by atoms with Gasteiger partial charge in [-0.15, -0.1) is 11.3 Å². The fourth-order valence-corrected chi connectivity index (χ4v) is 3.05. The number of nitrogens with zero attached hydrogens (tertiary/aromatic N) is 1. The molecule has 0 aliphatic rings. The third-order valence-corrected chi connectivity index (χ3v) is 4.79. The second-order valence-corrected chi connectivity index (χ2v) is 6.78. The molecule has 0 radical (unpaired) electrons. The second kappa shape index (κ2) is 8.08. The molecule has 2 rings (SSSR count). The van der Waals surface area contributed by atoms with E-state index in [2.05, 4.69) is 29.5 Å². The summed E-state index contributed by atoms with van der Waals surface area (Å²) in [5, 5.41) is 16.0. The summed E-state index contributed by atoms with van der Waals surface area (Å²) < 4.78 is 0. The molecule has 1 aromatic carbocycles. The summed E-state index contributed by atoms with van der Waals surface area (Å²) in [6.45, 7) is 7.07. The van der Waals surface area contributed by atoms with Crippen LogP contribution in [0.3, 0.4) is 0 Å². The van der Waals surface area contributed by atoms with E-state index >= 15 is 0 Å². The fraction of sp³-hybridized carbons (Fsp3) is 0.412. The molecule has 1 amide bonds. The highest BCUT2D eigenvalue weighted by atomic mass is 32.1. The standard InChI is InChI=1S/C17H23N3O2S/c1-11(2)17-20-10-13(23-17)9-19-15-6-4-5-14(12(15)3)16(22)18-7-8-21/h4-6,10-11,19,21H,7-9H2,1-3H3,(H,18,22). The molecular weight excluding hydrogens is 310 g/mol. The van der Waals surface area contributed by atoms with Gasteiger partial charge in [0.15, 0.2) is 0 Å². The van der Waals surface area contributed by atoms with Gasteiger partial charge in [-0.1, -0.05) is 19.9 Å². The van der Waals surface area contributed by atoms with E-state index in [-0.39, 0.29) is 19.1 Å². The number of carbonyl (C=O) groups is 1. The van der Waals surface area contributed by atoms with Gasteiger partial charge in [-0.2, -0.15) is 0 Å². The van der Waals surface area contributed by atoms with E-state index in [1.807, 2.05) is 25.3 Å². The Bertz CT molecular complexity index is 668. The average Bonchev–Trinajstić information content (AvgIpc) is 3.01. The molecule has 0 spiro atoms. The van der Waals surface area contributed by atoms with Crippen LogP contribution in [0.4, 0.5) is 5.69 Å². The van der Waals surface area contributed by atoms with E-state index < -0.39 is 0 Å². The van der Waals surface area contributed by atoms with Gasteiger partial charge in [-0.3, -0.25) is 4.79 Å². The van der Waals surface area contributed by atoms with Crippen molar-refractivity contribution in [2.45, 2.75) is 33.2 Å². The van der Waals surface area contributed by atoms with Crippen LogP contribution in [0.5, 0.6) is 0 Å². The summed E-state index contributed by atoms with van der Waals surface area (Å²) in [6.07, 6.45) is 1.90. The second-order valence-electron chi connectivity index (χ2n) is 5.63. The van der Waals surface area contributed by atoms with Crippen LogP contribution < -0.4 is 10.6 Å². The van der Waals surface area contributed by atoms with Crippen molar-refractivity contribution in [2.24, 2.45) is 0 Å². The number of thiazole rings is 1. The van der Waals surface area contributed by atoms with Gasteiger partial charge in [0.2, 0.25) is 0 Å². The quantitative estimate of drug-likeness (QED) is 0.728. The topological polar surface area (TPSA) is 74.2 Å². The Morgan fingerprint density at radius 2 is 2.17 bits per heavy atom. The van der Waals surface area contributed by atoms with Crippen LogP contribution in [-0.2, 0) is 6.54 Å². The predicted octanol–water partition coefficient (Wildman–Crippen LogP) is 2.91. The van der Waals surface area contributed by atoms with Crippen LogP contribution in [0.15, 0.2) is 24.4 Å². The largest absolute Gasteiger partial charge is 0.395 e. The van der Waals surface area contributed by atoms with E-state index in [9.17, 15) is 4.79 Å². The summed E-state index contributed by atoms with van der Waals surface area (Å²) in [6, 6.07) is 5.61. The molecule has 5 nitrogen and oxygen atoms in total. The molecule has 1 heterocycles. The summed E-state index contributed by atoms with van der Waals surface area (Å²) in [5.74, 6) is 0.272. The van der Waals surface area contributed by atoms with Crippen LogP contribution in [0.25, 0.3) is 0 Å². The van der Waals surface area contributed by atoms with Gasteiger partial charge in [0.05, 0.1) is 18.2 Å². The number of hydrogen-bond acceptors (Lipinski definition) is 5. The lowest BCUT2D eigenvalue weighted by Crippen LogP contribution is -2.27. The van der Waals surface area contributed by atoms with Gasteiger partial charge in [-0.25, -0.2) is 4.98 Å². The molecule has 6 heteroatoms. The maximum atomic E-state index is 12.1. The fourth-order valence-electron chi connectivity index (χ4n) is 2.19. The lowest BCUT2D eigenvalue weighted by atomic mass is 10.1. The number of rotatable bonds is 7. The summed E-state index contributed by atoms with van der Waals surface area (Å²) in [4.78, 5) is 17.7. The first-order valence-corrected chi connectivity index (χ1v) is 8.51. The zero-order chi connectivity index (χ0) is 16.8. The minimum absolute atomic E-state index is 0.0632. The van der Waals surface area contributed by atoms with Crippen molar-refractivity contribution in [3.05, 3.63) is 45.4 Å². The van der Waals surface area contributed by atoms with Crippen molar-refractivity contribution in [1.82, 2.24) is 10.3 Å². The SMILES string of the molecule is Cc1c(NCc2cnc(C(C)C)s2)cccc1C(=O)NCCO. The van der Waals surface area contributed by atoms with Crippen LogP contribution >= 0.6 is 11.3 Å². The first-order valence-electron chi connectivity index (χ1n) is 7.70. The highest BCUT2D eigenvalue weighted by Gasteiger charge is 2.11. The zero-order valence-corrected chi connectivity index (χ0v) is 14.5. The van der Waals surface area contributed by atoms with E-state index in [0.29, 0.717) is 18.0 Å². The van der Waals surface area contributed by atoms with Crippen LogP contribution in [0.2, 0.25) is 0 Å². The Hall–Kier alpha value is -1.92. The highest BCUT2D eigenvalue weighted by Crippen LogP contribution is 2.24. The van der Waals surface area contributed by atoms with Crippen molar-refractivity contribution in [2.75, 3.05) is 18.5 Å². The predicted molar refractivity (Wildman–Crippen MR) is 94.1 cm³/mol. The smallest absolute Gasteiger partial charge is 0.251 e. The Balaban J connectivity index is 2.06. The minimum atomic E-state index is -0.167. The Morgan fingerprint density at radius 3 is 2.83 bits per heavy atom. The number of carbonyl (C=O) groups excluding carboxylic acids is 1. The van der Waals surface area contributed by atoms with Crippen LogP contribution in [0.1, 0.15) is 45.6 Å². The number of hydrogen-bond donors (Lipinski definition) is 3. The molecule has 0 atom stereocenters. The van der Waals surface area contributed by atoms with Crippen molar-refractivity contribution < 1.29 is 9.90 Å². The van der Waals surface area contributed by atoms with Crippen molar-refractivity contribution in [3.63, 3.8) is 0 Å². The first-order chi connectivity index (χ1) is 11.0. The molecule has 1 aromatic heterocycles. The van der Waals surface area contributed by atoms with Crippen molar-refractivity contribution in [3.8, 4) is 0 Å². The molecule has 0 aliphatic carbocycles. The van der Waals surface area contributed by atoms with Gasteiger partial charge >= 0.3 is 0 Å². The van der Waals surface area contributed by atoms with Gasteiger partial charge in [0, 0.05) is 34.8 Å². The molecule has 0 saturated heterocycles. The van der Waals surface area contributed by atoms with Crippen LogP contribution in [0, 0.1) is 6.92 Å². The number of aliphatic hydroxyl groups is 1. The summed E-state index contributed by atoms with van der Waals surface area (Å²) >= 11 is 1.71. The summed E-state index contributed by atoms with van der Waals surface area (Å²) in [5.41, 5.74) is 2.45. The molecule has 0 saturated carbocycles. The molecule has 0 fully saturated rings. The maximum Gasteiger partial charge on any atom is 0.251 e. The molecule has 0 unspecified atom stereocenters. The normalized spacial score (nSPS) is 10.8. The Morgan fingerprint density at radius 1 is 1.39 bits per heavy atom. The third kappa shape index (κ3) is 4.53. The molecular formula is C17H23N3O2S. The molecule has 3 N–H and O–H groups in total. The van der Waals surface area contributed by atoms with Gasteiger partial charge in [-0.05, 0) is 24.6 Å². The highest BCUT2D eigenvalue weighted by molar-refractivity contribution is 7.11. The molecule has 23 heavy (non-hydrogen) atoms. The molecule has 0 bridgehead atoms. The summed E-state index contributed by atoms with van der Waals surface area (Å²) in [7, 11) is 0. The van der Waals surface area contributed by atoms with E-state index in [4.69, 9.17) is 5.11 Å². The third-order valence-electron chi connectivity index (χ3n) is 3.49. The average molecular weight is 333 g/mol. The van der Waals surface area contributed by atoms with E-state index in [1.165, 1.54) is 4.88 Å². The molecule has 124 valence electrons. The van der Waals surface area contributed by atoms with Crippen molar-refractivity contribution in [1.29, 1.82) is 0 Å². The first kappa shape index (κ1) is 17.4. The van der Waals surface area contributed by atoms with E-state index in [0.717, 1.165) is 16.3 Å². The Labute approximate surface area is 140 Å². The lowest BCUT2D eigenvalue weighted by Gasteiger charge is -2.12. The Kier molecular flexibility index (Phi) is 6.12. The monoisotopic (exact) mass is 333 g/mol. The maximum absolute atomic E-state index is 12.1. The number of nitrogens with one attached hydrogen (secondary N) is 2. The minimum Gasteiger partial charge on any atom is -0.395 e.